The minimum absolute atomic E-state index is 0.0981. The van der Waals surface area contributed by atoms with Gasteiger partial charge in [-0.2, -0.15) is 0 Å². The molecule has 1 N–H and O–H groups in total. The van der Waals surface area contributed by atoms with Crippen LogP contribution in [-0.2, 0) is 26.2 Å². The van der Waals surface area contributed by atoms with Gasteiger partial charge in [0.2, 0.25) is 21.8 Å². The quantitative estimate of drug-likeness (QED) is 0.542. The van der Waals surface area contributed by atoms with Gasteiger partial charge in [0.25, 0.3) is 0 Å². The number of likely N-dealkylation sites (N-methyl/N-ethyl adjacent to an activating group) is 1. The highest BCUT2D eigenvalue weighted by molar-refractivity contribution is 7.92. The molecule has 0 unspecified atom stereocenters. The molecule has 0 saturated heterocycles. The van der Waals surface area contributed by atoms with E-state index in [9.17, 15) is 18.0 Å². The summed E-state index contributed by atoms with van der Waals surface area (Å²) in [5.74, 6) is -0.901. The summed E-state index contributed by atoms with van der Waals surface area (Å²) < 4.78 is 25.9. The van der Waals surface area contributed by atoms with E-state index in [1.54, 1.807) is 31.2 Å². The number of amides is 2. The van der Waals surface area contributed by atoms with Crippen LogP contribution in [0.4, 0.5) is 5.69 Å². The Morgan fingerprint density at radius 1 is 1.03 bits per heavy atom. The summed E-state index contributed by atoms with van der Waals surface area (Å²) in [5, 5.41) is 3.50. The van der Waals surface area contributed by atoms with Gasteiger partial charge in [0.15, 0.2) is 0 Å². The van der Waals surface area contributed by atoms with Crippen LogP contribution in [-0.4, -0.2) is 51.0 Å². The van der Waals surface area contributed by atoms with Crippen molar-refractivity contribution < 1.29 is 18.0 Å². The highest BCUT2D eigenvalue weighted by atomic mass is 35.5. The second-order valence-corrected chi connectivity index (χ2v) is 10.2. The first-order valence-corrected chi connectivity index (χ1v) is 12.6. The van der Waals surface area contributed by atoms with E-state index < -0.39 is 28.5 Å². The van der Waals surface area contributed by atoms with Gasteiger partial charge in [-0.25, -0.2) is 8.42 Å². The molecule has 0 aliphatic rings. The minimum atomic E-state index is -3.85. The first kappa shape index (κ1) is 26.3. The summed E-state index contributed by atoms with van der Waals surface area (Å²) in [6.07, 6.45) is 1.33. The van der Waals surface area contributed by atoms with Gasteiger partial charge >= 0.3 is 0 Å². The smallest absolute Gasteiger partial charge is 0.244 e. The molecule has 2 amide bonds. The molecule has 0 radical (unpaired) electrons. The van der Waals surface area contributed by atoms with E-state index in [-0.39, 0.29) is 28.2 Å². The van der Waals surface area contributed by atoms with E-state index in [0.717, 1.165) is 16.1 Å². The number of anilines is 1. The molecule has 32 heavy (non-hydrogen) atoms. The van der Waals surface area contributed by atoms with Gasteiger partial charge in [-0.15, -0.1) is 0 Å². The van der Waals surface area contributed by atoms with Crippen LogP contribution < -0.4 is 9.62 Å². The molecular formula is C21H24Cl3N3O4S. The van der Waals surface area contributed by atoms with Gasteiger partial charge in [0.1, 0.15) is 12.6 Å². The van der Waals surface area contributed by atoms with Crippen LogP contribution in [0.25, 0.3) is 0 Å². The third-order valence-electron chi connectivity index (χ3n) is 4.77. The van der Waals surface area contributed by atoms with Crippen LogP contribution in [0.5, 0.6) is 0 Å². The van der Waals surface area contributed by atoms with E-state index in [4.69, 9.17) is 34.8 Å². The normalized spacial score (nSPS) is 12.2. The Hall–Kier alpha value is -2.00. The van der Waals surface area contributed by atoms with Crippen molar-refractivity contribution in [1.82, 2.24) is 10.2 Å². The summed E-state index contributed by atoms with van der Waals surface area (Å²) in [6.45, 7) is 1.36. The van der Waals surface area contributed by atoms with Crippen LogP contribution >= 0.6 is 34.8 Å². The number of carbonyl (C=O) groups excluding carboxylic acids is 2. The van der Waals surface area contributed by atoms with Crippen LogP contribution in [0, 0.1) is 0 Å². The van der Waals surface area contributed by atoms with Crippen LogP contribution in [0.3, 0.4) is 0 Å². The third-order valence-corrected chi connectivity index (χ3v) is 6.90. The van der Waals surface area contributed by atoms with Crippen LogP contribution in [0.1, 0.15) is 18.9 Å². The number of benzene rings is 2. The predicted molar refractivity (Wildman–Crippen MR) is 129 cm³/mol. The molecule has 0 spiro atoms. The molecule has 0 aliphatic heterocycles. The number of hydrogen-bond donors (Lipinski definition) is 1. The number of nitrogens with one attached hydrogen (secondary N) is 1. The molecule has 2 aromatic rings. The second kappa shape index (κ2) is 11.2. The molecule has 11 heteroatoms. The summed E-state index contributed by atoms with van der Waals surface area (Å²) in [7, 11) is -2.37. The van der Waals surface area contributed by atoms with Gasteiger partial charge in [-0.05, 0) is 42.3 Å². The lowest BCUT2D eigenvalue weighted by Crippen LogP contribution is -2.51. The molecular weight excluding hydrogens is 497 g/mol. The van der Waals surface area contributed by atoms with Crippen molar-refractivity contribution in [1.29, 1.82) is 0 Å². The number of rotatable bonds is 9. The highest BCUT2D eigenvalue weighted by Crippen LogP contribution is 2.28. The number of nitrogens with zero attached hydrogens (tertiary/aromatic N) is 2. The first-order valence-electron chi connectivity index (χ1n) is 9.66. The molecule has 0 aliphatic carbocycles. The summed E-state index contributed by atoms with van der Waals surface area (Å²) >= 11 is 17.9. The average molecular weight is 521 g/mol. The van der Waals surface area contributed by atoms with Gasteiger partial charge in [-0.3, -0.25) is 13.9 Å². The van der Waals surface area contributed by atoms with Crippen molar-refractivity contribution in [2.24, 2.45) is 0 Å². The SMILES string of the molecule is CC[C@H](C(=O)NC)N(Cc1ccc(Cl)cc1)C(=O)CN(c1ccc(Cl)c(Cl)c1)S(C)(=O)=O. The Morgan fingerprint density at radius 2 is 1.66 bits per heavy atom. The number of hydrogen-bond acceptors (Lipinski definition) is 4. The van der Waals surface area contributed by atoms with E-state index in [2.05, 4.69) is 5.32 Å². The van der Waals surface area contributed by atoms with Crippen molar-refractivity contribution in [2.75, 3.05) is 24.2 Å². The van der Waals surface area contributed by atoms with Crippen molar-refractivity contribution >= 4 is 62.3 Å². The minimum Gasteiger partial charge on any atom is -0.357 e. The largest absolute Gasteiger partial charge is 0.357 e. The van der Waals surface area contributed by atoms with Crippen molar-refractivity contribution in [3.63, 3.8) is 0 Å². The Kier molecular flexibility index (Phi) is 9.21. The first-order chi connectivity index (χ1) is 15.0. The van der Waals surface area contributed by atoms with E-state index >= 15 is 0 Å². The fraction of sp³-hybridized carbons (Fsp3) is 0.333. The van der Waals surface area contributed by atoms with Gasteiger partial charge in [0.05, 0.1) is 22.0 Å². The number of sulfonamides is 1. The van der Waals surface area contributed by atoms with Crippen LogP contribution in [0.2, 0.25) is 15.1 Å². The molecule has 2 aromatic carbocycles. The lowest BCUT2D eigenvalue weighted by atomic mass is 10.1. The molecule has 7 nitrogen and oxygen atoms in total. The Labute approximate surface area is 203 Å². The predicted octanol–water partition coefficient (Wildman–Crippen LogP) is 3.97. The zero-order valence-electron chi connectivity index (χ0n) is 17.8. The maximum absolute atomic E-state index is 13.4. The Morgan fingerprint density at radius 3 is 2.16 bits per heavy atom. The monoisotopic (exact) mass is 519 g/mol. The van der Waals surface area contributed by atoms with Crippen molar-refractivity contribution in [3.05, 3.63) is 63.1 Å². The van der Waals surface area contributed by atoms with Crippen molar-refractivity contribution in [3.8, 4) is 0 Å². The molecule has 0 fully saturated rings. The van der Waals surface area contributed by atoms with Crippen molar-refractivity contribution in [2.45, 2.75) is 25.9 Å². The molecule has 0 saturated carbocycles. The van der Waals surface area contributed by atoms with E-state index in [0.29, 0.717) is 11.4 Å². The lowest BCUT2D eigenvalue weighted by molar-refractivity contribution is -0.140. The Bertz CT molecular complexity index is 1080. The fourth-order valence-electron chi connectivity index (χ4n) is 3.13. The zero-order chi connectivity index (χ0) is 24.1. The maximum Gasteiger partial charge on any atom is 0.244 e. The van der Waals surface area contributed by atoms with E-state index in [1.807, 2.05) is 0 Å². The molecule has 174 valence electrons. The van der Waals surface area contributed by atoms with Gasteiger partial charge in [0, 0.05) is 18.6 Å². The fourth-order valence-corrected chi connectivity index (χ4v) is 4.39. The van der Waals surface area contributed by atoms with Gasteiger partial charge < -0.3 is 10.2 Å². The summed E-state index contributed by atoms with van der Waals surface area (Å²) in [6, 6.07) is 10.3. The third kappa shape index (κ3) is 6.75. The average Bonchev–Trinajstić information content (AvgIpc) is 2.74. The highest BCUT2D eigenvalue weighted by Gasteiger charge is 2.31. The number of carbonyl (C=O) groups is 2. The second-order valence-electron chi connectivity index (χ2n) is 7.05. The Balaban J connectivity index is 2.43. The molecule has 1 atom stereocenters. The zero-order valence-corrected chi connectivity index (χ0v) is 20.9. The molecule has 2 rings (SSSR count). The number of halogens is 3. The molecule has 0 heterocycles. The standard InChI is InChI=1S/C21H24Cl3N3O4S/c1-4-19(21(29)25-2)26(12-14-5-7-15(22)8-6-14)20(28)13-27(32(3,30)31)16-9-10-17(23)18(24)11-16/h5-11,19H,4,12-13H2,1-3H3,(H,25,29)/t19-/m1/s1. The maximum atomic E-state index is 13.4. The van der Waals surface area contributed by atoms with Crippen LogP contribution in [0.15, 0.2) is 42.5 Å². The topological polar surface area (TPSA) is 86.8 Å². The summed E-state index contributed by atoms with van der Waals surface area (Å²) in [4.78, 5) is 27.2. The van der Waals surface area contributed by atoms with E-state index in [1.165, 1.54) is 30.1 Å². The molecule has 0 bridgehead atoms. The summed E-state index contributed by atoms with van der Waals surface area (Å²) in [5.41, 5.74) is 0.931. The molecule has 0 aromatic heterocycles. The lowest BCUT2D eigenvalue weighted by Gasteiger charge is -2.32. The van der Waals surface area contributed by atoms with Gasteiger partial charge in [-0.1, -0.05) is 53.9 Å².